The first-order valence-electron chi connectivity index (χ1n) is 11.8. The molecule has 178 valence electrons. The van der Waals surface area contributed by atoms with Gasteiger partial charge in [-0.2, -0.15) is 0 Å². The van der Waals surface area contributed by atoms with E-state index < -0.39 is 6.10 Å². The molecule has 1 aliphatic rings. The molecule has 1 unspecified atom stereocenters. The Hall–Kier alpha value is -4.49. The summed E-state index contributed by atoms with van der Waals surface area (Å²) in [5, 5.41) is 25.3. The fourth-order valence-corrected chi connectivity index (χ4v) is 4.47. The second-order valence-corrected chi connectivity index (χ2v) is 8.71. The summed E-state index contributed by atoms with van der Waals surface area (Å²) in [6.45, 7) is 0.587. The van der Waals surface area contributed by atoms with Gasteiger partial charge in [0, 0.05) is 11.1 Å². The number of aliphatic hydroxyl groups is 1. The Morgan fingerprint density at radius 3 is 2.22 bits per heavy atom. The van der Waals surface area contributed by atoms with Crippen LogP contribution in [0.25, 0.3) is 21.9 Å². The molecule has 7 heteroatoms. The van der Waals surface area contributed by atoms with Gasteiger partial charge in [0.05, 0.1) is 12.7 Å². The second-order valence-electron chi connectivity index (χ2n) is 8.71. The normalized spacial score (nSPS) is 12.8. The number of hydrogen-bond acceptors (Lipinski definition) is 6. The summed E-state index contributed by atoms with van der Waals surface area (Å²) in [6, 6.07) is 30.3. The molecule has 1 heterocycles. The summed E-state index contributed by atoms with van der Waals surface area (Å²) < 4.78 is 7.36. The molecule has 4 aromatic carbocycles. The van der Waals surface area contributed by atoms with Gasteiger partial charge in [-0.3, -0.25) is 0 Å². The van der Waals surface area contributed by atoms with E-state index in [1.54, 1.807) is 10.9 Å². The number of oxime groups is 1. The van der Waals surface area contributed by atoms with Crippen molar-refractivity contribution in [3.8, 4) is 16.9 Å². The average molecular weight is 477 g/mol. The van der Waals surface area contributed by atoms with E-state index in [-0.39, 0.29) is 19.8 Å². The summed E-state index contributed by atoms with van der Waals surface area (Å²) in [7, 11) is 0. The van der Waals surface area contributed by atoms with Crippen molar-refractivity contribution >= 4 is 16.5 Å². The summed E-state index contributed by atoms with van der Waals surface area (Å²) in [5.41, 5.74) is 5.85. The smallest absolute Gasteiger partial charge is 0.162 e. The molecule has 1 aromatic heterocycles. The molecule has 1 N–H and O–H groups in total. The maximum Gasteiger partial charge on any atom is 0.162 e. The number of rotatable bonds is 8. The molecule has 0 saturated carbocycles. The first-order chi connectivity index (χ1) is 17.7. The molecule has 0 radical (unpaired) electrons. The van der Waals surface area contributed by atoms with E-state index in [0.29, 0.717) is 5.69 Å². The van der Waals surface area contributed by atoms with E-state index in [2.05, 4.69) is 45.8 Å². The predicted octanol–water partition coefficient (Wildman–Crippen LogP) is 4.82. The minimum atomic E-state index is -0.737. The molecule has 36 heavy (non-hydrogen) atoms. The highest BCUT2D eigenvalue weighted by molar-refractivity contribution is 6.24. The fraction of sp³-hybridized carbons (Fsp3) is 0.138. The number of aromatic nitrogens is 3. The molecule has 0 bridgehead atoms. The predicted molar refractivity (Wildman–Crippen MR) is 138 cm³/mol. The molecular weight excluding hydrogens is 452 g/mol. The molecule has 7 nitrogen and oxygen atoms in total. The van der Waals surface area contributed by atoms with Crippen molar-refractivity contribution < 1.29 is 14.7 Å². The van der Waals surface area contributed by atoms with Crippen molar-refractivity contribution in [2.45, 2.75) is 19.3 Å². The van der Waals surface area contributed by atoms with Crippen molar-refractivity contribution in [1.82, 2.24) is 15.0 Å². The Morgan fingerprint density at radius 1 is 0.806 bits per heavy atom. The van der Waals surface area contributed by atoms with E-state index >= 15 is 0 Å². The first kappa shape index (κ1) is 22.0. The zero-order valence-corrected chi connectivity index (χ0v) is 19.5. The Morgan fingerprint density at radius 2 is 1.47 bits per heavy atom. The summed E-state index contributed by atoms with van der Waals surface area (Å²) in [6.07, 6.45) is 1.01. The molecule has 0 spiro atoms. The molecule has 1 atom stereocenters. The van der Waals surface area contributed by atoms with Gasteiger partial charge in [-0.25, -0.2) is 4.68 Å². The van der Waals surface area contributed by atoms with E-state index in [0.717, 1.165) is 44.5 Å². The molecule has 0 amide bonds. The number of ether oxygens (including phenoxy) is 1. The van der Waals surface area contributed by atoms with Crippen LogP contribution in [0.2, 0.25) is 0 Å². The van der Waals surface area contributed by atoms with Crippen molar-refractivity contribution in [2.75, 3.05) is 6.61 Å². The van der Waals surface area contributed by atoms with Crippen molar-refractivity contribution in [1.29, 1.82) is 0 Å². The summed E-state index contributed by atoms with van der Waals surface area (Å²) in [4.78, 5) is 5.66. The van der Waals surface area contributed by atoms with Crippen molar-refractivity contribution in [3.05, 3.63) is 114 Å². The van der Waals surface area contributed by atoms with E-state index in [4.69, 9.17) is 9.57 Å². The highest BCUT2D eigenvalue weighted by atomic mass is 16.6. The van der Waals surface area contributed by atoms with Crippen LogP contribution in [0.5, 0.6) is 5.75 Å². The Balaban J connectivity index is 1.05. The van der Waals surface area contributed by atoms with Crippen LogP contribution in [0.1, 0.15) is 16.8 Å². The van der Waals surface area contributed by atoms with Gasteiger partial charge >= 0.3 is 0 Å². The van der Waals surface area contributed by atoms with Crippen LogP contribution < -0.4 is 4.74 Å². The third kappa shape index (κ3) is 4.44. The molecule has 5 aromatic rings. The van der Waals surface area contributed by atoms with Crippen LogP contribution in [-0.2, 0) is 18.0 Å². The Bertz CT molecular complexity index is 1510. The van der Waals surface area contributed by atoms with Gasteiger partial charge in [0.2, 0.25) is 0 Å². The number of nitrogens with zero attached hydrogens (tertiary/aromatic N) is 4. The van der Waals surface area contributed by atoms with Crippen LogP contribution in [0.3, 0.4) is 0 Å². The SMILES string of the molecule is OC(COc1ccc2ccccc2c1)Cn1cc(CON=C2c3ccccc3-c3ccccc32)nn1. The van der Waals surface area contributed by atoms with Gasteiger partial charge in [0.15, 0.2) is 6.61 Å². The number of benzene rings is 4. The van der Waals surface area contributed by atoms with Crippen molar-refractivity contribution in [3.63, 3.8) is 0 Å². The topological polar surface area (TPSA) is 81.8 Å². The zero-order chi connectivity index (χ0) is 24.3. The van der Waals surface area contributed by atoms with Gasteiger partial charge in [-0.1, -0.05) is 89.2 Å². The van der Waals surface area contributed by atoms with Crippen LogP contribution >= 0.6 is 0 Å². The zero-order valence-electron chi connectivity index (χ0n) is 19.5. The summed E-state index contributed by atoms with van der Waals surface area (Å²) >= 11 is 0. The van der Waals surface area contributed by atoms with Gasteiger partial charge in [0.1, 0.15) is 29.9 Å². The standard InChI is InChI=1S/C29H24N4O3/c34-23(19-35-24-14-13-20-7-1-2-8-21(20)15-24)17-33-16-22(30-32-33)18-36-31-29-27-11-5-3-9-25(27)26-10-4-6-12-28(26)29/h1-16,23,34H,17-19H2. The molecule has 6 rings (SSSR count). The minimum Gasteiger partial charge on any atom is -0.491 e. The van der Waals surface area contributed by atoms with Crippen LogP contribution in [0, 0.1) is 0 Å². The Kier molecular flexibility index (Phi) is 5.89. The van der Waals surface area contributed by atoms with E-state index in [9.17, 15) is 5.11 Å². The molecule has 0 saturated heterocycles. The lowest BCUT2D eigenvalue weighted by atomic mass is 10.1. The minimum absolute atomic E-state index is 0.149. The van der Waals surface area contributed by atoms with Crippen LogP contribution in [-0.4, -0.2) is 38.5 Å². The molecule has 0 aliphatic heterocycles. The third-order valence-corrected chi connectivity index (χ3v) is 6.17. The largest absolute Gasteiger partial charge is 0.491 e. The highest BCUT2D eigenvalue weighted by Crippen LogP contribution is 2.36. The average Bonchev–Trinajstić information content (AvgIpc) is 3.50. The van der Waals surface area contributed by atoms with Gasteiger partial charge in [0.25, 0.3) is 0 Å². The van der Waals surface area contributed by atoms with Crippen molar-refractivity contribution in [2.24, 2.45) is 5.16 Å². The third-order valence-electron chi connectivity index (χ3n) is 6.17. The molecule has 0 fully saturated rings. The van der Waals surface area contributed by atoms with Crippen LogP contribution in [0.15, 0.2) is 102 Å². The lowest BCUT2D eigenvalue weighted by Crippen LogP contribution is -2.23. The lowest BCUT2D eigenvalue weighted by molar-refractivity contribution is 0.0888. The first-order valence-corrected chi connectivity index (χ1v) is 11.8. The van der Waals surface area contributed by atoms with Gasteiger partial charge < -0.3 is 14.7 Å². The quantitative estimate of drug-likeness (QED) is 0.319. The van der Waals surface area contributed by atoms with E-state index in [1.165, 1.54) is 0 Å². The number of fused-ring (bicyclic) bond motifs is 4. The van der Waals surface area contributed by atoms with Crippen LogP contribution in [0.4, 0.5) is 0 Å². The molecular formula is C29H24N4O3. The fourth-order valence-electron chi connectivity index (χ4n) is 4.47. The monoisotopic (exact) mass is 476 g/mol. The van der Waals surface area contributed by atoms with Gasteiger partial charge in [-0.05, 0) is 34.0 Å². The Labute approximate surface area is 208 Å². The summed E-state index contributed by atoms with van der Waals surface area (Å²) in [5.74, 6) is 0.717. The van der Waals surface area contributed by atoms with E-state index in [1.807, 2.05) is 60.7 Å². The maximum absolute atomic E-state index is 10.4. The highest BCUT2D eigenvalue weighted by Gasteiger charge is 2.24. The maximum atomic E-state index is 10.4. The lowest BCUT2D eigenvalue weighted by Gasteiger charge is -2.12. The van der Waals surface area contributed by atoms with Gasteiger partial charge in [-0.15, -0.1) is 5.10 Å². The number of aliphatic hydroxyl groups excluding tert-OH is 1. The second kappa shape index (κ2) is 9.64. The molecule has 1 aliphatic carbocycles. The number of hydrogen-bond donors (Lipinski definition) is 1.